The van der Waals surface area contributed by atoms with Gasteiger partial charge in [0.25, 0.3) is 0 Å². The summed E-state index contributed by atoms with van der Waals surface area (Å²) >= 11 is 1.47. The molecule has 0 aliphatic rings. The van der Waals surface area contributed by atoms with Crippen molar-refractivity contribution in [2.24, 2.45) is 0 Å². The summed E-state index contributed by atoms with van der Waals surface area (Å²) in [5.74, 6) is -1.15. The van der Waals surface area contributed by atoms with Crippen LogP contribution in [0.4, 0.5) is 5.69 Å². The van der Waals surface area contributed by atoms with E-state index in [1.807, 2.05) is 42.5 Å². The second-order valence-electron chi connectivity index (χ2n) is 7.34. The lowest BCUT2D eigenvalue weighted by Crippen LogP contribution is -2.42. The average Bonchev–Trinajstić information content (AvgIpc) is 3.12. The van der Waals surface area contributed by atoms with E-state index in [4.69, 9.17) is 0 Å². The minimum absolute atomic E-state index is 0.0572. The summed E-state index contributed by atoms with van der Waals surface area (Å²) in [4.78, 5) is 25.0. The quantitative estimate of drug-likeness (QED) is 0.571. The van der Waals surface area contributed by atoms with Crippen LogP contribution >= 0.6 is 11.3 Å². The molecule has 146 valence electrons. The predicted molar refractivity (Wildman–Crippen MR) is 114 cm³/mol. The number of fused-ring (bicyclic) bond motifs is 1. The van der Waals surface area contributed by atoms with Gasteiger partial charge in [0.2, 0.25) is 0 Å². The summed E-state index contributed by atoms with van der Waals surface area (Å²) in [7, 11) is 0. The number of carbonyl (C=O) groups excluding carboxylic acids is 2. The van der Waals surface area contributed by atoms with Gasteiger partial charge in [0.05, 0.1) is 6.54 Å². The number of hydrogen-bond donors (Lipinski definition) is 3. The molecule has 1 aromatic heterocycles. The number of aliphatic hydroxyl groups is 1. The van der Waals surface area contributed by atoms with Crippen LogP contribution in [0, 0.1) is 0 Å². The summed E-state index contributed by atoms with van der Waals surface area (Å²) in [6, 6.07) is 17.1. The fraction of sp³-hybridized carbons (Fsp3) is 0.273. The van der Waals surface area contributed by atoms with Gasteiger partial charge in [-0.3, -0.25) is 9.59 Å². The van der Waals surface area contributed by atoms with Gasteiger partial charge in [0.1, 0.15) is 5.60 Å². The molecule has 1 heterocycles. The van der Waals surface area contributed by atoms with Crippen molar-refractivity contribution < 1.29 is 14.7 Å². The Morgan fingerprint density at radius 3 is 2.39 bits per heavy atom. The maximum atomic E-state index is 12.1. The van der Waals surface area contributed by atoms with E-state index in [1.54, 1.807) is 19.1 Å². The number of carbonyl (C=O) groups is 2. The molecule has 2 aromatic carbocycles. The van der Waals surface area contributed by atoms with Crippen LogP contribution in [0.2, 0.25) is 0 Å². The Morgan fingerprint density at radius 1 is 1.07 bits per heavy atom. The Labute approximate surface area is 168 Å². The highest BCUT2D eigenvalue weighted by molar-refractivity contribution is 7.19. The molecule has 1 unspecified atom stereocenters. The smallest absolute Gasteiger partial charge is 0.313 e. The molecular weight excluding hydrogens is 372 g/mol. The fourth-order valence-electron chi connectivity index (χ4n) is 2.81. The van der Waals surface area contributed by atoms with Gasteiger partial charge in [-0.15, -0.1) is 11.3 Å². The molecule has 5 nitrogen and oxygen atoms in total. The van der Waals surface area contributed by atoms with E-state index >= 15 is 0 Å². The Kier molecular flexibility index (Phi) is 5.82. The Morgan fingerprint density at radius 2 is 1.75 bits per heavy atom. The van der Waals surface area contributed by atoms with Gasteiger partial charge in [0, 0.05) is 15.3 Å². The maximum Gasteiger partial charge on any atom is 0.313 e. The normalized spacial score (nSPS) is 13.3. The van der Waals surface area contributed by atoms with E-state index in [1.165, 1.54) is 11.3 Å². The zero-order valence-electron chi connectivity index (χ0n) is 16.2. The molecule has 0 radical (unpaired) electrons. The molecule has 0 saturated heterocycles. The minimum Gasteiger partial charge on any atom is -0.383 e. The Hall–Kier alpha value is -2.70. The van der Waals surface area contributed by atoms with Crippen molar-refractivity contribution in [1.29, 1.82) is 0 Å². The van der Waals surface area contributed by atoms with Crippen molar-refractivity contribution >= 4 is 38.9 Å². The molecule has 28 heavy (non-hydrogen) atoms. The van der Waals surface area contributed by atoms with Crippen LogP contribution in [0.25, 0.3) is 10.1 Å². The molecule has 0 saturated carbocycles. The van der Waals surface area contributed by atoms with Gasteiger partial charge >= 0.3 is 11.8 Å². The van der Waals surface area contributed by atoms with Gasteiger partial charge in [-0.05, 0) is 48.1 Å². The molecule has 0 fully saturated rings. The van der Waals surface area contributed by atoms with E-state index in [2.05, 4.69) is 24.5 Å². The van der Waals surface area contributed by atoms with E-state index in [0.29, 0.717) is 11.6 Å². The first-order valence-electron chi connectivity index (χ1n) is 9.17. The predicted octanol–water partition coefficient (Wildman–Crippen LogP) is 3.99. The van der Waals surface area contributed by atoms with Crippen LogP contribution in [0.15, 0.2) is 54.6 Å². The van der Waals surface area contributed by atoms with E-state index in [-0.39, 0.29) is 6.54 Å². The van der Waals surface area contributed by atoms with Crippen LogP contribution in [0.1, 0.15) is 37.1 Å². The number of thiophene rings is 1. The summed E-state index contributed by atoms with van der Waals surface area (Å²) in [6.07, 6.45) is 0. The Bertz CT molecular complexity index is 957. The first-order valence-corrected chi connectivity index (χ1v) is 9.98. The molecule has 1 atom stereocenters. The molecule has 6 heteroatoms. The molecule has 2 amide bonds. The lowest BCUT2D eigenvalue weighted by Gasteiger charge is -2.22. The minimum atomic E-state index is -1.27. The molecule has 3 N–H and O–H groups in total. The van der Waals surface area contributed by atoms with Crippen molar-refractivity contribution in [2.45, 2.75) is 32.3 Å². The largest absolute Gasteiger partial charge is 0.383 e. The maximum absolute atomic E-state index is 12.1. The second-order valence-corrected chi connectivity index (χ2v) is 8.42. The van der Waals surface area contributed by atoms with Crippen molar-refractivity contribution in [3.8, 4) is 0 Å². The number of hydrogen-bond acceptors (Lipinski definition) is 4. The third kappa shape index (κ3) is 4.58. The van der Waals surface area contributed by atoms with Crippen LogP contribution in [0.5, 0.6) is 0 Å². The monoisotopic (exact) mass is 396 g/mol. The third-order valence-corrected chi connectivity index (χ3v) is 5.96. The van der Waals surface area contributed by atoms with E-state index in [9.17, 15) is 14.7 Å². The first-order chi connectivity index (χ1) is 13.3. The SMILES string of the molecule is CC(C)c1ccc(NC(=O)C(=O)NCC(C)(O)c2cc3ccccc3s2)cc1. The lowest BCUT2D eigenvalue weighted by molar-refractivity contribution is -0.136. The van der Waals surface area contributed by atoms with Crippen LogP contribution in [-0.2, 0) is 15.2 Å². The van der Waals surface area contributed by atoms with Crippen LogP contribution < -0.4 is 10.6 Å². The number of amides is 2. The summed E-state index contributed by atoms with van der Waals surface area (Å²) < 4.78 is 1.06. The van der Waals surface area contributed by atoms with E-state index < -0.39 is 17.4 Å². The number of anilines is 1. The van der Waals surface area contributed by atoms with Crippen molar-refractivity contribution in [2.75, 3.05) is 11.9 Å². The van der Waals surface area contributed by atoms with Crippen LogP contribution in [-0.4, -0.2) is 23.5 Å². The standard InChI is InChI=1S/C22H24N2O3S/c1-14(2)15-8-10-17(11-9-15)24-21(26)20(25)23-13-22(3,27)19-12-16-6-4-5-7-18(16)28-19/h4-12,14,27H,13H2,1-3H3,(H,23,25)(H,24,26). The van der Waals surface area contributed by atoms with E-state index in [0.717, 1.165) is 20.5 Å². The second kappa shape index (κ2) is 8.12. The highest BCUT2D eigenvalue weighted by Gasteiger charge is 2.27. The summed E-state index contributed by atoms with van der Waals surface area (Å²) in [5.41, 5.74) is 0.445. The van der Waals surface area contributed by atoms with Gasteiger partial charge < -0.3 is 15.7 Å². The first kappa shape index (κ1) is 20.0. The molecule has 3 aromatic rings. The highest BCUT2D eigenvalue weighted by atomic mass is 32.1. The van der Waals surface area contributed by atoms with Crippen LogP contribution in [0.3, 0.4) is 0 Å². The number of benzene rings is 2. The summed E-state index contributed by atoms with van der Waals surface area (Å²) in [6.45, 7) is 5.74. The average molecular weight is 397 g/mol. The molecule has 3 rings (SSSR count). The Balaban J connectivity index is 1.59. The highest BCUT2D eigenvalue weighted by Crippen LogP contribution is 2.32. The summed E-state index contributed by atoms with van der Waals surface area (Å²) in [5, 5.41) is 16.9. The molecule has 0 spiro atoms. The zero-order valence-corrected chi connectivity index (χ0v) is 17.0. The molecule has 0 aliphatic heterocycles. The van der Waals surface area contributed by atoms with Crippen molar-refractivity contribution in [3.05, 3.63) is 65.0 Å². The molecule has 0 aliphatic carbocycles. The van der Waals surface area contributed by atoms with Gasteiger partial charge in [-0.25, -0.2) is 0 Å². The van der Waals surface area contributed by atoms with Crippen molar-refractivity contribution in [3.63, 3.8) is 0 Å². The fourth-order valence-corrected chi connectivity index (χ4v) is 3.91. The lowest BCUT2D eigenvalue weighted by atomic mass is 10.0. The molecule has 0 bridgehead atoms. The number of rotatable bonds is 5. The number of nitrogens with one attached hydrogen (secondary N) is 2. The van der Waals surface area contributed by atoms with Crippen molar-refractivity contribution in [1.82, 2.24) is 5.32 Å². The third-order valence-electron chi connectivity index (χ3n) is 4.59. The molecular formula is C22H24N2O3S. The van der Waals surface area contributed by atoms with Gasteiger partial charge in [0.15, 0.2) is 0 Å². The zero-order chi connectivity index (χ0) is 20.3. The van der Waals surface area contributed by atoms with Gasteiger partial charge in [-0.1, -0.05) is 44.2 Å². The topological polar surface area (TPSA) is 78.4 Å². The van der Waals surface area contributed by atoms with Gasteiger partial charge in [-0.2, -0.15) is 0 Å².